The summed E-state index contributed by atoms with van der Waals surface area (Å²) in [6, 6.07) is 6.51. The highest BCUT2D eigenvalue weighted by atomic mass is 32.2. The number of aliphatic carboxylic acids is 1. The summed E-state index contributed by atoms with van der Waals surface area (Å²) in [6.45, 7) is -0.0336. The van der Waals surface area contributed by atoms with Gasteiger partial charge in [0.1, 0.15) is 5.75 Å². The summed E-state index contributed by atoms with van der Waals surface area (Å²) in [6.07, 6.45) is 3.63. The van der Waals surface area contributed by atoms with Crippen molar-refractivity contribution in [2.45, 2.75) is 73.5 Å². The molecule has 7 rings (SSSR count). The number of aryl methyl sites for hydroxylation is 1. The van der Waals surface area contributed by atoms with Crippen LogP contribution in [-0.4, -0.2) is 43.1 Å². The fraction of sp³-hybridized carbons (Fsp3) is 0.586. The van der Waals surface area contributed by atoms with Gasteiger partial charge in [-0.3, -0.25) is 4.98 Å². The van der Waals surface area contributed by atoms with E-state index in [2.05, 4.69) is 19.6 Å². The molecule has 2 unspecified atom stereocenters. The second kappa shape index (κ2) is 11.3. The molecule has 1 aromatic heterocycles. The number of para-hydroxylation sites is 1. The van der Waals surface area contributed by atoms with Crippen molar-refractivity contribution in [3.05, 3.63) is 62.9 Å². The van der Waals surface area contributed by atoms with Crippen LogP contribution in [0.5, 0.6) is 5.75 Å². The smallest absolute Gasteiger partial charge is 0.422 e. The Morgan fingerprint density at radius 2 is 1.86 bits per heavy atom. The monoisotopic (exact) mass is 636 g/mol. The van der Waals surface area contributed by atoms with Gasteiger partial charge in [0, 0.05) is 44.2 Å². The molecule has 4 aliphatic carbocycles. The van der Waals surface area contributed by atoms with Crippen molar-refractivity contribution < 1.29 is 32.4 Å². The molecule has 4 saturated carbocycles. The molecule has 4 fully saturated rings. The van der Waals surface area contributed by atoms with Crippen LogP contribution in [0.4, 0.5) is 13.2 Å². The van der Waals surface area contributed by atoms with E-state index in [4.69, 9.17) is 4.74 Å². The number of carboxylic acids is 1. The number of nitroso groups, excluding NO2 is 1. The van der Waals surface area contributed by atoms with Crippen LogP contribution in [0.3, 0.4) is 0 Å². The van der Waals surface area contributed by atoms with Gasteiger partial charge in [0.15, 0.2) is 12.4 Å². The topological polar surface area (TPSA) is 137 Å². The summed E-state index contributed by atoms with van der Waals surface area (Å²) in [5, 5.41) is 10.9. The van der Waals surface area contributed by atoms with Gasteiger partial charge >= 0.3 is 17.1 Å². The number of aromatic nitrogens is 1. The average molecular weight is 637 g/mol. The minimum absolute atomic E-state index is 0.0871. The first-order valence-corrected chi connectivity index (χ1v) is 16.4. The fourth-order valence-electron chi connectivity index (χ4n) is 7.86. The maximum absolute atomic E-state index is 13.7. The van der Waals surface area contributed by atoms with E-state index in [-0.39, 0.29) is 21.8 Å². The first-order valence-electron chi connectivity index (χ1n) is 14.3. The van der Waals surface area contributed by atoms with E-state index in [1.165, 1.54) is 37.6 Å². The molecule has 0 spiro atoms. The number of nitrogens with zero attached hydrogens (tertiary/aromatic N) is 4. The molecule has 5 aliphatic rings. The van der Waals surface area contributed by atoms with Crippen LogP contribution in [-0.2, 0) is 28.1 Å². The van der Waals surface area contributed by atoms with Crippen molar-refractivity contribution >= 4 is 29.1 Å². The second-order valence-corrected chi connectivity index (χ2v) is 14.8. The van der Waals surface area contributed by atoms with E-state index in [0.29, 0.717) is 35.4 Å². The largest absolute Gasteiger partial charge is 0.612 e. The number of carbonyl (C=O) groups is 1. The molecule has 2 atom stereocenters. The number of alkyl halides is 3. The number of hydrogen-bond donors (Lipinski definition) is 1. The molecule has 0 radical (unpaired) electrons. The lowest BCUT2D eigenvalue weighted by Crippen LogP contribution is -2.55. The Hall–Kier alpha value is -2.71. The lowest BCUT2D eigenvalue weighted by molar-refractivity contribution is -0.153. The number of halogens is 3. The molecular weight excluding hydrogens is 605 g/mol. The molecule has 230 valence electrons. The number of ether oxygens (including phenoxy) is 1. The van der Waals surface area contributed by atoms with Crippen LogP contribution in [0, 0.1) is 35.5 Å². The number of hydrogen-bond acceptors (Lipinski definition) is 9. The predicted molar refractivity (Wildman–Crippen MR) is 153 cm³/mol. The average Bonchev–Trinajstić information content (AvgIpc) is 3.36. The molecule has 1 aliphatic heterocycles. The van der Waals surface area contributed by atoms with Crippen LogP contribution in [0.2, 0.25) is 0 Å². The Kier molecular flexibility index (Phi) is 7.99. The van der Waals surface area contributed by atoms with Gasteiger partial charge in [-0.15, -0.1) is 4.91 Å². The summed E-state index contributed by atoms with van der Waals surface area (Å²) in [7, 11) is 0. The zero-order valence-electron chi connectivity index (χ0n) is 23.4. The van der Waals surface area contributed by atoms with Crippen molar-refractivity contribution in [2.75, 3.05) is 6.61 Å². The highest BCUT2D eigenvalue weighted by molar-refractivity contribution is 7.99. The van der Waals surface area contributed by atoms with Gasteiger partial charge in [-0.1, -0.05) is 12.1 Å². The Labute approximate surface area is 253 Å². The van der Waals surface area contributed by atoms with Crippen LogP contribution in [0.25, 0.3) is 0 Å². The van der Waals surface area contributed by atoms with Gasteiger partial charge < -0.3 is 14.4 Å². The minimum Gasteiger partial charge on any atom is -0.612 e. The minimum atomic E-state index is -4.55. The quantitative estimate of drug-likeness (QED) is 0.212. The summed E-state index contributed by atoms with van der Waals surface area (Å²) in [4.78, 5) is 34.8. The summed E-state index contributed by atoms with van der Waals surface area (Å²) in [5.74, 6) is 0.278. The summed E-state index contributed by atoms with van der Waals surface area (Å²) < 4.78 is 59.7. The molecule has 4 bridgehead atoms. The van der Waals surface area contributed by atoms with E-state index in [1.807, 2.05) is 6.07 Å². The van der Waals surface area contributed by atoms with Gasteiger partial charge in [0.25, 0.3) is 0 Å². The van der Waals surface area contributed by atoms with Crippen molar-refractivity contribution in [3.63, 3.8) is 0 Å². The predicted octanol–water partition coefficient (Wildman–Crippen LogP) is 4.81. The first kappa shape index (κ1) is 30.3. The van der Waals surface area contributed by atoms with Gasteiger partial charge in [-0.2, -0.15) is 23.2 Å². The Bertz CT molecular complexity index is 1530. The van der Waals surface area contributed by atoms with Gasteiger partial charge in [-0.05, 0) is 93.2 Å². The molecule has 14 heteroatoms. The third-order valence-corrected chi connectivity index (χ3v) is 12.5. The van der Waals surface area contributed by atoms with Gasteiger partial charge in [-0.25, -0.2) is 4.79 Å². The molecule has 2 aromatic rings. The molecule has 1 aromatic carbocycles. The van der Waals surface area contributed by atoms with E-state index in [9.17, 15) is 32.5 Å². The molecule has 43 heavy (non-hydrogen) atoms. The zero-order valence-corrected chi connectivity index (χ0v) is 25.0. The Balaban J connectivity index is 1.26. The number of pyridine rings is 1. The number of fused-ring (bicyclic) bond motifs is 1. The third-order valence-electron chi connectivity index (χ3n) is 9.66. The third kappa shape index (κ3) is 5.54. The van der Waals surface area contributed by atoms with Crippen molar-refractivity contribution in [1.29, 1.82) is 0 Å². The lowest BCUT2D eigenvalue weighted by atomic mass is 9.50. The second-order valence-electron chi connectivity index (χ2n) is 12.1. The van der Waals surface area contributed by atoms with E-state index in [1.54, 1.807) is 12.1 Å². The molecule has 1 N–H and O–H groups in total. The fourth-order valence-corrected chi connectivity index (χ4v) is 10.2. The molecule has 2 heterocycles. The maximum Gasteiger partial charge on any atom is 0.422 e. The van der Waals surface area contributed by atoms with Crippen molar-refractivity contribution in [3.8, 4) is 5.75 Å². The normalized spacial score (nSPS) is 31.2. The highest BCUT2D eigenvalue weighted by Gasteiger charge is 2.58. The van der Waals surface area contributed by atoms with Crippen molar-refractivity contribution in [1.82, 2.24) is 4.98 Å². The summed E-state index contributed by atoms with van der Waals surface area (Å²) >= 11 is -1.09. The van der Waals surface area contributed by atoms with Crippen molar-refractivity contribution in [2.24, 2.45) is 38.2 Å². The lowest BCUT2D eigenvalue weighted by Gasteiger charge is -2.60. The molecular formula is C29H31F3N4O5S2. The zero-order chi connectivity index (χ0) is 30.6. The van der Waals surface area contributed by atoms with Crippen LogP contribution in [0.15, 0.2) is 45.0 Å². The van der Waals surface area contributed by atoms with Gasteiger partial charge in [0.05, 0.1) is 16.4 Å². The van der Waals surface area contributed by atoms with Crippen LogP contribution < -0.4 is 15.5 Å². The molecule has 0 amide bonds. The maximum atomic E-state index is 13.7. The van der Waals surface area contributed by atoms with E-state index in [0.717, 1.165) is 43.1 Å². The number of benzene rings is 1. The summed E-state index contributed by atoms with van der Waals surface area (Å²) in [5.41, 5.74) is 1.11. The Morgan fingerprint density at radius 1 is 1.16 bits per heavy atom. The van der Waals surface area contributed by atoms with Gasteiger partial charge in [0.2, 0.25) is 0 Å². The van der Waals surface area contributed by atoms with Crippen LogP contribution >= 0.6 is 11.9 Å². The molecule has 9 nitrogen and oxygen atoms in total. The van der Waals surface area contributed by atoms with E-state index >= 15 is 0 Å². The number of rotatable bonds is 11. The SMILES string of the molecule is Cc1c(OCC(F)(F)F)ccnc1C[S+]([O-])C1(C(=O)O)N=c2cccc(CCC3(SN=O)C4CC5CC(C4)CC3C5)c2=N1. The molecule has 0 saturated heterocycles. The van der Waals surface area contributed by atoms with Crippen LogP contribution in [0.1, 0.15) is 55.3 Å². The Morgan fingerprint density at radius 3 is 2.49 bits per heavy atom. The van der Waals surface area contributed by atoms with E-state index < -0.39 is 40.7 Å². The first-order chi connectivity index (χ1) is 20.4. The number of carboxylic acid groups (broad SMARTS) is 1. The highest BCUT2D eigenvalue weighted by Crippen LogP contribution is 2.64. The standard InChI is InChI=1S/C29H31F3N4O5S2/c1-16-23(33-8-6-24(16)41-15-28(30,31)32)14-43(40)29(26(37)38)34-22-4-2-3-19(25(22)35-29)5-7-27(42-36-39)20-10-17-9-18(12-20)13-21(27)11-17/h2-4,6,8,17-18,20-21H,5,7,9-15H2,1H3,(H,37,38).